The van der Waals surface area contributed by atoms with Gasteiger partial charge in [0.1, 0.15) is 0 Å². The summed E-state index contributed by atoms with van der Waals surface area (Å²) >= 11 is 6.75. The number of anilines is 2. The number of nitrogens with zero attached hydrogens (tertiary/aromatic N) is 1. The predicted octanol–water partition coefficient (Wildman–Crippen LogP) is 6.24. The third kappa shape index (κ3) is 6.39. The lowest BCUT2D eigenvalue weighted by atomic mass is 10.1. The number of hydrogen-bond acceptors (Lipinski definition) is 6. The van der Waals surface area contributed by atoms with Crippen molar-refractivity contribution in [3.63, 3.8) is 0 Å². The van der Waals surface area contributed by atoms with Crippen LogP contribution in [0.1, 0.15) is 30.5 Å². The fourth-order valence-electron chi connectivity index (χ4n) is 3.78. The van der Waals surface area contributed by atoms with Crippen LogP contribution in [0.5, 0.6) is 11.5 Å². The van der Waals surface area contributed by atoms with E-state index in [0.29, 0.717) is 26.4 Å². The molecule has 3 aromatic carbocycles. The molecule has 1 N–H and O–H groups in total. The van der Waals surface area contributed by atoms with Crippen molar-refractivity contribution >= 4 is 57.6 Å². The molecule has 0 aliphatic carbocycles. The summed E-state index contributed by atoms with van der Waals surface area (Å²) in [6, 6.07) is 20.8. The zero-order chi connectivity index (χ0) is 26.4. The third-order valence-corrected chi connectivity index (χ3v) is 7.19. The summed E-state index contributed by atoms with van der Waals surface area (Å²) in [5.74, 6) is 0.451. The Kier molecular flexibility index (Phi) is 8.63. The number of rotatable bonds is 9. The van der Waals surface area contributed by atoms with Crippen LogP contribution in [-0.2, 0) is 22.4 Å². The van der Waals surface area contributed by atoms with Gasteiger partial charge in [-0.2, -0.15) is 0 Å². The fourth-order valence-corrected chi connectivity index (χ4v) is 5.08. The average molecular weight is 533 g/mol. The molecule has 0 spiro atoms. The van der Waals surface area contributed by atoms with Gasteiger partial charge in [-0.1, -0.05) is 68.2 Å². The van der Waals surface area contributed by atoms with Gasteiger partial charge in [0, 0.05) is 5.69 Å². The normalized spacial score (nSPS) is 14.2. The summed E-state index contributed by atoms with van der Waals surface area (Å²) in [7, 11) is 1.53. The Morgan fingerprint density at radius 2 is 1.62 bits per heavy atom. The van der Waals surface area contributed by atoms with Crippen molar-refractivity contribution in [1.82, 2.24) is 0 Å². The third-order valence-electron chi connectivity index (χ3n) is 5.89. The topological polar surface area (TPSA) is 67.9 Å². The van der Waals surface area contributed by atoms with Crippen molar-refractivity contribution in [1.29, 1.82) is 0 Å². The average Bonchev–Trinajstić information content (AvgIpc) is 3.20. The molecule has 0 saturated carbocycles. The molecule has 2 amide bonds. The number of amides is 2. The van der Waals surface area contributed by atoms with Crippen LogP contribution in [0.2, 0.25) is 0 Å². The first-order chi connectivity index (χ1) is 17.9. The fraction of sp³-hybridized carbons (Fsp3) is 0.207. The van der Waals surface area contributed by atoms with Crippen LogP contribution < -0.4 is 19.7 Å². The van der Waals surface area contributed by atoms with E-state index in [9.17, 15) is 9.59 Å². The molecule has 3 aromatic rings. The first kappa shape index (κ1) is 26.4. The van der Waals surface area contributed by atoms with Crippen molar-refractivity contribution in [2.24, 2.45) is 0 Å². The number of nitrogens with one attached hydrogen (secondary N) is 1. The zero-order valence-electron chi connectivity index (χ0n) is 20.9. The number of thioether (sulfide) groups is 1. The van der Waals surface area contributed by atoms with Gasteiger partial charge in [-0.15, -0.1) is 0 Å². The number of aryl methyl sites for hydroxylation is 2. The van der Waals surface area contributed by atoms with Gasteiger partial charge in [0.25, 0.3) is 11.8 Å². The number of ether oxygens (including phenoxy) is 2. The highest BCUT2D eigenvalue weighted by Gasteiger charge is 2.33. The summed E-state index contributed by atoms with van der Waals surface area (Å²) in [6.07, 6.45) is 3.64. The minimum absolute atomic E-state index is 0.165. The van der Waals surface area contributed by atoms with Crippen molar-refractivity contribution < 1.29 is 19.1 Å². The molecule has 1 fully saturated rings. The quantitative estimate of drug-likeness (QED) is 0.260. The van der Waals surface area contributed by atoms with Gasteiger partial charge in [0.15, 0.2) is 22.4 Å². The van der Waals surface area contributed by atoms with E-state index >= 15 is 0 Å². The molecular formula is C29H28N2O4S2. The Morgan fingerprint density at radius 3 is 2.24 bits per heavy atom. The zero-order valence-corrected chi connectivity index (χ0v) is 22.6. The van der Waals surface area contributed by atoms with Crippen LogP contribution in [-0.4, -0.2) is 29.9 Å². The molecule has 1 saturated heterocycles. The second-order valence-electron chi connectivity index (χ2n) is 8.33. The minimum Gasteiger partial charge on any atom is -0.493 e. The monoisotopic (exact) mass is 532 g/mol. The molecule has 1 aliphatic rings. The van der Waals surface area contributed by atoms with Crippen molar-refractivity contribution in [3.8, 4) is 11.5 Å². The molecule has 0 bridgehead atoms. The van der Waals surface area contributed by atoms with E-state index in [1.807, 2.05) is 54.6 Å². The predicted molar refractivity (Wildman–Crippen MR) is 154 cm³/mol. The second kappa shape index (κ2) is 12.1. The minimum atomic E-state index is -0.272. The van der Waals surface area contributed by atoms with E-state index in [4.69, 9.17) is 21.7 Å². The van der Waals surface area contributed by atoms with E-state index in [1.54, 1.807) is 23.1 Å². The molecule has 0 aromatic heterocycles. The first-order valence-electron chi connectivity index (χ1n) is 12.0. The number of thiocarbonyl (C=S) groups is 1. The maximum absolute atomic E-state index is 13.1. The van der Waals surface area contributed by atoms with Crippen LogP contribution >= 0.6 is 24.0 Å². The number of hydrogen-bond donors (Lipinski definition) is 1. The molecule has 37 heavy (non-hydrogen) atoms. The van der Waals surface area contributed by atoms with E-state index in [0.717, 1.165) is 24.1 Å². The summed E-state index contributed by atoms with van der Waals surface area (Å²) in [6.45, 7) is 4.00. The van der Waals surface area contributed by atoms with E-state index in [1.165, 1.54) is 30.0 Å². The van der Waals surface area contributed by atoms with Crippen molar-refractivity contribution in [2.75, 3.05) is 23.9 Å². The second-order valence-corrected chi connectivity index (χ2v) is 10.0. The summed E-state index contributed by atoms with van der Waals surface area (Å²) < 4.78 is 11.7. The van der Waals surface area contributed by atoms with Gasteiger partial charge >= 0.3 is 0 Å². The lowest BCUT2D eigenvalue weighted by Gasteiger charge is -2.14. The Balaban J connectivity index is 1.42. The number of carbonyl (C=O) groups is 2. The molecular weight excluding hydrogens is 504 g/mol. The SMILES string of the molecule is CCc1ccc(NC(=O)COc2ccc(/C=C3\SC(=S)N(c4ccc(CC)cc4)C3=O)cc2OC)cc1. The van der Waals surface area contributed by atoms with Crippen LogP contribution in [0.15, 0.2) is 71.6 Å². The molecule has 4 rings (SSSR count). The Hall–Kier alpha value is -3.62. The molecule has 190 valence electrons. The van der Waals surface area contributed by atoms with Crippen LogP contribution in [0.3, 0.4) is 0 Å². The summed E-state index contributed by atoms with van der Waals surface area (Å²) in [5.41, 5.74) is 4.62. The highest BCUT2D eigenvalue weighted by molar-refractivity contribution is 8.27. The number of methoxy groups -OCH3 is 1. The van der Waals surface area contributed by atoms with E-state index in [-0.39, 0.29) is 18.4 Å². The lowest BCUT2D eigenvalue weighted by Crippen LogP contribution is -2.27. The molecule has 8 heteroatoms. The maximum atomic E-state index is 13.1. The Morgan fingerprint density at radius 1 is 0.973 bits per heavy atom. The van der Waals surface area contributed by atoms with Crippen LogP contribution in [0.4, 0.5) is 11.4 Å². The highest BCUT2D eigenvalue weighted by atomic mass is 32.2. The van der Waals surface area contributed by atoms with Crippen molar-refractivity contribution in [3.05, 3.63) is 88.3 Å². The van der Waals surface area contributed by atoms with Gasteiger partial charge < -0.3 is 14.8 Å². The summed E-state index contributed by atoms with van der Waals surface area (Å²) in [4.78, 5) is 27.5. The summed E-state index contributed by atoms with van der Waals surface area (Å²) in [5, 5.41) is 2.82. The largest absolute Gasteiger partial charge is 0.493 e. The van der Waals surface area contributed by atoms with Crippen LogP contribution in [0, 0.1) is 0 Å². The van der Waals surface area contributed by atoms with Crippen LogP contribution in [0.25, 0.3) is 6.08 Å². The molecule has 1 aliphatic heterocycles. The van der Waals surface area contributed by atoms with Gasteiger partial charge in [-0.3, -0.25) is 14.5 Å². The smallest absolute Gasteiger partial charge is 0.270 e. The standard InChI is InChI=1S/C29H28N2O4S2/c1-4-19-6-11-22(12-7-19)30-27(32)18-35-24-15-10-21(16-25(24)34-3)17-26-28(33)31(29(36)37-26)23-13-8-20(5-2)9-14-23/h6-17H,4-5,18H2,1-3H3,(H,30,32)/b26-17-. The van der Waals surface area contributed by atoms with Gasteiger partial charge in [0.05, 0.1) is 17.7 Å². The van der Waals surface area contributed by atoms with Crippen molar-refractivity contribution in [2.45, 2.75) is 26.7 Å². The molecule has 0 radical (unpaired) electrons. The Bertz CT molecular complexity index is 1340. The number of carbonyl (C=O) groups excluding carboxylic acids is 2. The lowest BCUT2D eigenvalue weighted by molar-refractivity contribution is -0.118. The van der Waals surface area contributed by atoms with E-state index < -0.39 is 0 Å². The molecule has 0 unspecified atom stereocenters. The first-order valence-corrected chi connectivity index (χ1v) is 13.2. The molecule has 0 atom stereocenters. The Labute approximate surface area is 226 Å². The molecule has 6 nitrogen and oxygen atoms in total. The van der Waals surface area contributed by atoms with E-state index in [2.05, 4.69) is 19.2 Å². The van der Waals surface area contributed by atoms with Gasteiger partial charge in [0.2, 0.25) is 0 Å². The number of benzene rings is 3. The van der Waals surface area contributed by atoms with Gasteiger partial charge in [-0.05, 0) is 72.0 Å². The molecule has 1 heterocycles. The maximum Gasteiger partial charge on any atom is 0.270 e. The van der Waals surface area contributed by atoms with Gasteiger partial charge in [-0.25, -0.2) is 0 Å². The highest BCUT2D eigenvalue weighted by Crippen LogP contribution is 2.37.